The quantitative estimate of drug-likeness (QED) is 0.723. The molecule has 106 valence electrons. The lowest BCUT2D eigenvalue weighted by Gasteiger charge is -2.33. The lowest BCUT2D eigenvalue weighted by molar-refractivity contribution is 0.356. The van der Waals surface area contributed by atoms with Gasteiger partial charge >= 0.3 is 0 Å². The number of hydrogen-bond acceptors (Lipinski definition) is 1. The van der Waals surface area contributed by atoms with Gasteiger partial charge < -0.3 is 5.32 Å². The lowest BCUT2D eigenvalue weighted by atomic mass is 9.75. The van der Waals surface area contributed by atoms with Crippen molar-refractivity contribution >= 4 is 0 Å². The molecule has 2 atom stereocenters. The Balaban J connectivity index is 2.24. The van der Waals surface area contributed by atoms with Crippen molar-refractivity contribution in [2.75, 3.05) is 6.54 Å². The largest absolute Gasteiger partial charge is 0.310 e. The van der Waals surface area contributed by atoms with Gasteiger partial charge in [-0.1, -0.05) is 57.9 Å². The van der Waals surface area contributed by atoms with Crippen molar-refractivity contribution in [3.05, 3.63) is 35.4 Å². The van der Waals surface area contributed by atoms with E-state index in [1.165, 1.54) is 32.1 Å². The SMILES string of the molecule is CCCC(C)C(NCC)c1ccccc1C1CCC1. The van der Waals surface area contributed by atoms with Crippen LogP contribution >= 0.6 is 0 Å². The molecule has 0 bridgehead atoms. The van der Waals surface area contributed by atoms with Crippen LogP contribution in [0.2, 0.25) is 0 Å². The van der Waals surface area contributed by atoms with Gasteiger partial charge in [-0.25, -0.2) is 0 Å². The van der Waals surface area contributed by atoms with Crippen LogP contribution in [0.1, 0.15) is 76.0 Å². The maximum atomic E-state index is 3.73. The zero-order valence-electron chi connectivity index (χ0n) is 12.8. The predicted molar refractivity (Wildman–Crippen MR) is 83.5 cm³/mol. The molecule has 1 nitrogen and oxygen atoms in total. The molecule has 0 heterocycles. The smallest absolute Gasteiger partial charge is 0.0348 e. The number of benzene rings is 1. The summed E-state index contributed by atoms with van der Waals surface area (Å²) in [6.45, 7) is 7.96. The first-order valence-corrected chi connectivity index (χ1v) is 8.10. The van der Waals surface area contributed by atoms with Crippen LogP contribution in [-0.2, 0) is 0 Å². The van der Waals surface area contributed by atoms with Gasteiger partial charge in [0.2, 0.25) is 0 Å². The van der Waals surface area contributed by atoms with Crippen molar-refractivity contribution in [3.8, 4) is 0 Å². The van der Waals surface area contributed by atoms with E-state index in [1.54, 1.807) is 11.1 Å². The standard InChI is InChI=1S/C18H29N/c1-4-9-14(3)18(19-5-2)17-13-7-6-12-16(17)15-10-8-11-15/h6-7,12-15,18-19H,4-5,8-11H2,1-3H3. The fourth-order valence-electron chi connectivity index (χ4n) is 3.34. The van der Waals surface area contributed by atoms with Gasteiger partial charge in [-0.15, -0.1) is 0 Å². The van der Waals surface area contributed by atoms with Crippen molar-refractivity contribution in [2.24, 2.45) is 5.92 Å². The Morgan fingerprint density at radius 2 is 1.95 bits per heavy atom. The second-order valence-corrected chi connectivity index (χ2v) is 6.06. The van der Waals surface area contributed by atoms with Crippen LogP contribution in [0.3, 0.4) is 0 Å². The average molecular weight is 259 g/mol. The van der Waals surface area contributed by atoms with Crippen LogP contribution in [0.15, 0.2) is 24.3 Å². The molecule has 0 saturated heterocycles. The van der Waals surface area contributed by atoms with E-state index in [9.17, 15) is 0 Å². The molecule has 0 aromatic heterocycles. The molecule has 2 unspecified atom stereocenters. The highest BCUT2D eigenvalue weighted by molar-refractivity contribution is 5.34. The molecule has 0 aliphatic heterocycles. The number of rotatable bonds is 7. The highest BCUT2D eigenvalue weighted by Gasteiger charge is 2.26. The van der Waals surface area contributed by atoms with Gasteiger partial charge in [0, 0.05) is 6.04 Å². The monoisotopic (exact) mass is 259 g/mol. The van der Waals surface area contributed by atoms with Gasteiger partial charge in [-0.3, -0.25) is 0 Å². The Bertz CT molecular complexity index is 381. The Morgan fingerprint density at radius 1 is 1.21 bits per heavy atom. The van der Waals surface area contributed by atoms with Gasteiger partial charge in [0.1, 0.15) is 0 Å². The van der Waals surface area contributed by atoms with Crippen molar-refractivity contribution < 1.29 is 0 Å². The van der Waals surface area contributed by atoms with Crippen LogP contribution in [0.25, 0.3) is 0 Å². The van der Waals surface area contributed by atoms with Crippen molar-refractivity contribution in [1.29, 1.82) is 0 Å². The topological polar surface area (TPSA) is 12.0 Å². The molecule has 19 heavy (non-hydrogen) atoms. The first-order chi connectivity index (χ1) is 9.27. The van der Waals surface area contributed by atoms with Gasteiger partial charge in [-0.2, -0.15) is 0 Å². The van der Waals surface area contributed by atoms with E-state index in [0.717, 1.165) is 12.5 Å². The minimum atomic E-state index is 0.529. The van der Waals surface area contributed by atoms with E-state index in [2.05, 4.69) is 50.4 Å². The third kappa shape index (κ3) is 3.39. The summed E-state index contributed by atoms with van der Waals surface area (Å²) < 4.78 is 0. The van der Waals surface area contributed by atoms with Crippen molar-refractivity contribution in [1.82, 2.24) is 5.32 Å². The molecule has 0 radical (unpaired) electrons. The molecule has 1 aromatic carbocycles. The fourth-order valence-corrected chi connectivity index (χ4v) is 3.34. The molecular weight excluding hydrogens is 230 g/mol. The van der Waals surface area contributed by atoms with Crippen LogP contribution in [0, 0.1) is 5.92 Å². The van der Waals surface area contributed by atoms with Gasteiger partial charge in [0.15, 0.2) is 0 Å². The van der Waals surface area contributed by atoms with Gasteiger partial charge in [0.05, 0.1) is 0 Å². The Kier molecular flexibility index (Phi) is 5.45. The van der Waals surface area contributed by atoms with E-state index in [-0.39, 0.29) is 0 Å². The minimum Gasteiger partial charge on any atom is -0.310 e. The molecule has 1 saturated carbocycles. The summed E-state index contributed by atoms with van der Waals surface area (Å²) in [7, 11) is 0. The van der Waals surface area contributed by atoms with Crippen LogP contribution in [0.5, 0.6) is 0 Å². The van der Waals surface area contributed by atoms with E-state index in [1.807, 2.05) is 0 Å². The second-order valence-electron chi connectivity index (χ2n) is 6.06. The van der Waals surface area contributed by atoms with Gasteiger partial charge in [0.25, 0.3) is 0 Å². The van der Waals surface area contributed by atoms with E-state index < -0.39 is 0 Å². The summed E-state index contributed by atoms with van der Waals surface area (Å²) >= 11 is 0. The highest BCUT2D eigenvalue weighted by Crippen LogP contribution is 2.41. The molecule has 1 aliphatic carbocycles. The molecule has 0 spiro atoms. The third-order valence-corrected chi connectivity index (χ3v) is 4.61. The Hall–Kier alpha value is -0.820. The zero-order valence-corrected chi connectivity index (χ0v) is 12.8. The highest BCUT2D eigenvalue weighted by atomic mass is 14.9. The summed E-state index contributed by atoms with van der Waals surface area (Å²) in [6, 6.07) is 9.67. The van der Waals surface area contributed by atoms with Crippen LogP contribution in [0.4, 0.5) is 0 Å². The third-order valence-electron chi connectivity index (χ3n) is 4.61. The van der Waals surface area contributed by atoms with Crippen LogP contribution in [-0.4, -0.2) is 6.54 Å². The minimum absolute atomic E-state index is 0.529. The fraction of sp³-hybridized carbons (Fsp3) is 0.667. The summed E-state index contributed by atoms with van der Waals surface area (Å²) in [6.07, 6.45) is 6.76. The molecule has 1 aliphatic rings. The molecule has 1 fully saturated rings. The normalized spacial score (nSPS) is 18.9. The van der Waals surface area contributed by atoms with Gasteiger partial charge in [-0.05, 0) is 48.8 Å². The lowest BCUT2D eigenvalue weighted by Crippen LogP contribution is -2.28. The first kappa shape index (κ1) is 14.6. The number of hydrogen-bond donors (Lipinski definition) is 1. The summed E-state index contributed by atoms with van der Waals surface area (Å²) in [5.74, 6) is 1.54. The summed E-state index contributed by atoms with van der Waals surface area (Å²) in [5, 5.41) is 3.73. The van der Waals surface area contributed by atoms with Crippen LogP contribution < -0.4 is 5.32 Å². The molecule has 1 N–H and O–H groups in total. The van der Waals surface area contributed by atoms with Crippen molar-refractivity contribution in [2.45, 2.75) is 64.8 Å². The first-order valence-electron chi connectivity index (χ1n) is 8.10. The van der Waals surface area contributed by atoms with E-state index >= 15 is 0 Å². The molecule has 1 aromatic rings. The van der Waals surface area contributed by atoms with Crippen molar-refractivity contribution in [3.63, 3.8) is 0 Å². The Labute approximate surface area is 118 Å². The zero-order chi connectivity index (χ0) is 13.7. The maximum absolute atomic E-state index is 3.73. The molecule has 0 amide bonds. The Morgan fingerprint density at radius 3 is 2.53 bits per heavy atom. The molecule has 2 rings (SSSR count). The van der Waals surface area contributed by atoms with E-state index in [4.69, 9.17) is 0 Å². The average Bonchev–Trinajstić information content (AvgIpc) is 2.35. The number of nitrogens with one attached hydrogen (secondary N) is 1. The maximum Gasteiger partial charge on any atom is 0.0348 e. The molecule has 1 heteroatoms. The van der Waals surface area contributed by atoms with E-state index in [0.29, 0.717) is 12.0 Å². The summed E-state index contributed by atoms with van der Waals surface area (Å²) in [4.78, 5) is 0. The second kappa shape index (κ2) is 7.09. The predicted octanol–water partition coefficient (Wildman–Crippen LogP) is 5.04. The summed E-state index contributed by atoms with van der Waals surface area (Å²) in [5.41, 5.74) is 3.18. The molecular formula is C18H29N.